The zero-order valence-electron chi connectivity index (χ0n) is 17.9. The summed E-state index contributed by atoms with van der Waals surface area (Å²) in [5, 5.41) is 15.8. The van der Waals surface area contributed by atoms with E-state index < -0.39 is 33.9 Å². The molecule has 0 aliphatic rings. The number of carbonyl (C=O) groups excluding carboxylic acids is 1. The third-order valence-electron chi connectivity index (χ3n) is 4.49. The van der Waals surface area contributed by atoms with E-state index in [2.05, 4.69) is 14.8 Å². The Hall–Kier alpha value is -4.48. The number of aromatic nitrogens is 2. The molecule has 0 fully saturated rings. The first-order valence-electron chi connectivity index (χ1n) is 9.75. The number of fused-ring (bicyclic) bond motifs is 1. The maximum absolute atomic E-state index is 12.6. The van der Waals surface area contributed by atoms with Crippen LogP contribution < -0.4 is 20.7 Å². The lowest BCUT2D eigenvalue weighted by Crippen LogP contribution is -2.32. The summed E-state index contributed by atoms with van der Waals surface area (Å²) < 4.78 is 16.1. The number of hydrogen-bond acceptors (Lipinski definition) is 9. The summed E-state index contributed by atoms with van der Waals surface area (Å²) in [5.41, 5.74) is -1.42. The predicted octanol–water partition coefficient (Wildman–Crippen LogP) is 1.82. The zero-order chi connectivity index (χ0) is 24.1. The molecular weight excluding hydrogens is 436 g/mol. The highest BCUT2D eigenvalue weighted by Gasteiger charge is 2.27. The van der Waals surface area contributed by atoms with Gasteiger partial charge in [0, 0.05) is 11.6 Å². The van der Waals surface area contributed by atoms with E-state index >= 15 is 0 Å². The van der Waals surface area contributed by atoms with Gasteiger partial charge in [-0.15, -0.1) is 4.68 Å². The van der Waals surface area contributed by atoms with Gasteiger partial charge in [-0.05, 0) is 32.0 Å². The predicted molar refractivity (Wildman–Crippen MR) is 118 cm³/mol. The number of aromatic amines is 1. The number of H-pyrrole nitrogens is 1. The van der Waals surface area contributed by atoms with Gasteiger partial charge in [0.25, 0.3) is 5.56 Å². The number of benzene rings is 2. The number of nitrogens with zero attached hydrogens (tertiary/aromatic N) is 3. The van der Waals surface area contributed by atoms with Gasteiger partial charge in [0.15, 0.2) is 11.9 Å². The van der Waals surface area contributed by atoms with Crippen molar-refractivity contribution < 1.29 is 23.9 Å². The van der Waals surface area contributed by atoms with E-state index in [1.807, 2.05) is 0 Å². The van der Waals surface area contributed by atoms with E-state index in [1.54, 1.807) is 25.1 Å². The number of para-hydroxylation sites is 1. The van der Waals surface area contributed by atoms with Gasteiger partial charge in [0.05, 0.1) is 35.8 Å². The Morgan fingerprint density at radius 1 is 1.30 bits per heavy atom. The van der Waals surface area contributed by atoms with Crippen LogP contribution in [0.4, 0.5) is 5.69 Å². The Labute approximate surface area is 186 Å². The molecule has 12 nitrogen and oxygen atoms in total. The average molecular weight is 456 g/mol. The Bertz CT molecular complexity index is 1360. The number of nitro benzene ring substituents is 1. The fraction of sp³-hybridized carbons (Fsp3) is 0.238. The molecule has 0 spiro atoms. The molecular formula is C21H20N4O8. The van der Waals surface area contributed by atoms with Gasteiger partial charge in [-0.3, -0.25) is 14.9 Å². The summed E-state index contributed by atoms with van der Waals surface area (Å²) in [6.45, 7) is 3.18. The number of nitrogens with one attached hydrogen (secondary N) is 1. The smallest absolute Gasteiger partial charge is 0.349 e. The Morgan fingerprint density at radius 2 is 2.03 bits per heavy atom. The molecule has 1 heterocycles. The molecule has 172 valence electrons. The van der Waals surface area contributed by atoms with Crippen molar-refractivity contribution in [2.75, 3.05) is 13.7 Å². The van der Waals surface area contributed by atoms with Gasteiger partial charge in [0.2, 0.25) is 5.75 Å². The first-order chi connectivity index (χ1) is 15.8. The monoisotopic (exact) mass is 456 g/mol. The van der Waals surface area contributed by atoms with Crippen molar-refractivity contribution in [1.29, 1.82) is 0 Å². The van der Waals surface area contributed by atoms with E-state index in [4.69, 9.17) is 9.47 Å². The molecule has 0 aliphatic heterocycles. The lowest BCUT2D eigenvalue weighted by molar-refractivity contribution is -0.386. The van der Waals surface area contributed by atoms with Crippen LogP contribution in [0.1, 0.15) is 19.4 Å². The highest BCUT2D eigenvalue weighted by atomic mass is 16.6. The number of nitro groups is 1. The summed E-state index contributed by atoms with van der Waals surface area (Å²) in [4.78, 5) is 50.1. The van der Waals surface area contributed by atoms with Crippen molar-refractivity contribution >= 4 is 28.8 Å². The van der Waals surface area contributed by atoms with Crippen LogP contribution in [-0.4, -0.2) is 46.6 Å². The van der Waals surface area contributed by atoms with Gasteiger partial charge in [-0.1, -0.05) is 12.1 Å². The first kappa shape index (κ1) is 23.2. The molecule has 0 radical (unpaired) electrons. The molecule has 33 heavy (non-hydrogen) atoms. The van der Waals surface area contributed by atoms with Crippen molar-refractivity contribution in [3.63, 3.8) is 0 Å². The third kappa shape index (κ3) is 4.89. The van der Waals surface area contributed by atoms with Gasteiger partial charge in [0.1, 0.15) is 0 Å². The minimum atomic E-state index is -1.14. The van der Waals surface area contributed by atoms with E-state index in [0.29, 0.717) is 10.2 Å². The Morgan fingerprint density at radius 3 is 2.70 bits per heavy atom. The lowest BCUT2D eigenvalue weighted by Gasteiger charge is -2.16. The normalized spacial score (nSPS) is 12.0. The van der Waals surface area contributed by atoms with Crippen molar-refractivity contribution in [2.45, 2.75) is 20.0 Å². The maximum atomic E-state index is 12.6. The molecule has 12 heteroatoms. The van der Waals surface area contributed by atoms with Crippen LogP contribution in [0.15, 0.2) is 51.1 Å². The van der Waals surface area contributed by atoms with Crippen molar-refractivity contribution in [3.8, 4) is 11.5 Å². The van der Waals surface area contributed by atoms with Crippen LogP contribution in [0.5, 0.6) is 11.5 Å². The molecule has 0 aliphatic carbocycles. The van der Waals surface area contributed by atoms with Crippen LogP contribution in [0, 0.1) is 10.1 Å². The highest BCUT2D eigenvalue weighted by Crippen LogP contribution is 2.39. The van der Waals surface area contributed by atoms with Crippen LogP contribution in [0.25, 0.3) is 10.9 Å². The molecule has 0 unspecified atom stereocenters. The Balaban J connectivity index is 2.09. The average Bonchev–Trinajstić information content (AvgIpc) is 2.79. The van der Waals surface area contributed by atoms with Crippen LogP contribution in [-0.2, 0) is 9.53 Å². The highest BCUT2D eigenvalue weighted by molar-refractivity contribution is 5.84. The fourth-order valence-corrected chi connectivity index (χ4v) is 2.97. The van der Waals surface area contributed by atoms with Gasteiger partial charge < -0.3 is 19.2 Å². The number of carbonyl (C=O) groups is 1. The molecule has 0 saturated carbocycles. The minimum absolute atomic E-state index is 0.0244. The minimum Gasteiger partial charge on any atom is -0.490 e. The third-order valence-corrected chi connectivity index (χ3v) is 4.49. The topological polar surface area (TPSA) is 155 Å². The second-order valence-electron chi connectivity index (χ2n) is 6.68. The maximum Gasteiger partial charge on any atom is 0.349 e. The second kappa shape index (κ2) is 9.77. The number of rotatable bonds is 8. The summed E-state index contributed by atoms with van der Waals surface area (Å²) in [6, 6.07) is 8.92. The van der Waals surface area contributed by atoms with Crippen LogP contribution in [0.3, 0.4) is 0 Å². The first-order valence-corrected chi connectivity index (χ1v) is 9.75. The molecule has 2 aromatic carbocycles. The Kier molecular flexibility index (Phi) is 6.86. The molecule has 3 rings (SSSR count). The van der Waals surface area contributed by atoms with E-state index in [1.165, 1.54) is 19.1 Å². The quantitative estimate of drug-likeness (QED) is 0.233. The SMILES string of the molecule is CCOc1cc(C=Nn2c(=O)[nH]c3ccccc3c2=O)cc([N+](=O)[O-])c1O[C@H](C)C(=O)OC. The van der Waals surface area contributed by atoms with Crippen molar-refractivity contribution in [1.82, 2.24) is 9.66 Å². The molecule has 1 atom stereocenters. The van der Waals surface area contributed by atoms with E-state index in [-0.39, 0.29) is 29.1 Å². The number of methoxy groups -OCH3 is 1. The number of ether oxygens (including phenoxy) is 3. The molecule has 3 aromatic rings. The van der Waals surface area contributed by atoms with Gasteiger partial charge in [-0.25, -0.2) is 9.59 Å². The second-order valence-corrected chi connectivity index (χ2v) is 6.68. The van der Waals surface area contributed by atoms with Crippen molar-refractivity contribution in [3.05, 3.63) is 72.9 Å². The summed E-state index contributed by atoms with van der Waals surface area (Å²) in [5.74, 6) is -1.02. The molecule has 1 aromatic heterocycles. The number of hydrogen-bond donors (Lipinski definition) is 1. The van der Waals surface area contributed by atoms with Gasteiger partial charge in [-0.2, -0.15) is 5.10 Å². The standard InChI is InChI=1S/C21H20N4O8/c1-4-32-17-10-13(9-16(25(29)30)18(17)33-12(2)20(27)31-3)11-22-24-19(26)14-7-5-6-8-15(14)23-21(24)28/h5-12H,4H2,1-3H3,(H,23,28)/t12-/m1/s1. The van der Waals surface area contributed by atoms with Gasteiger partial charge >= 0.3 is 17.3 Å². The largest absolute Gasteiger partial charge is 0.490 e. The molecule has 1 N–H and O–H groups in total. The summed E-state index contributed by atoms with van der Waals surface area (Å²) in [7, 11) is 1.16. The van der Waals surface area contributed by atoms with Crippen molar-refractivity contribution in [2.24, 2.45) is 5.10 Å². The van der Waals surface area contributed by atoms with E-state index in [0.717, 1.165) is 19.4 Å². The molecule has 0 bridgehead atoms. The van der Waals surface area contributed by atoms with Crippen LogP contribution in [0.2, 0.25) is 0 Å². The van der Waals surface area contributed by atoms with E-state index in [9.17, 15) is 24.5 Å². The summed E-state index contributed by atoms with van der Waals surface area (Å²) >= 11 is 0. The molecule has 0 saturated heterocycles. The zero-order valence-corrected chi connectivity index (χ0v) is 17.9. The fourth-order valence-electron chi connectivity index (χ4n) is 2.97. The molecule has 0 amide bonds. The number of esters is 1. The summed E-state index contributed by atoms with van der Waals surface area (Å²) in [6.07, 6.45) is -0.0313. The lowest BCUT2D eigenvalue weighted by atomic mass is 10.1. The van der Waals surface area contributed by atoms with Crippen LogP contribution >= 0.6 is 0 Å².